The van der Waals surface area contributed by atoms with E-state index in [1.165, 1.54) is 0 Å². The average Bonchev–Trinajstić information content (AvgIpc) is 3.18. The van der Waals surface area contributed by atoms with E-state index < -0.39 is 16.6 Å². The molecular weight excluding hydrogens is 348 g/mol. The molecule has 0 aromatic heterocycles. The third-order valence-corrected chi connectivity index (χ3v) is 15.8. The van der Waals surface area contributed by atoms with Crippen LogP contribution in [0.3, 0.4) is 0 Å². The van der Waals surface area contributed by atoms with E-state index >= 15 is 0 Å². The molecule has 1 aliphatic carbocycles. The zero-order valence-electron chi connectivity index (χ0n) is 17.9. The van der Waals surface area contributed by atoms with Crippen LogP contribution in [-0.2, 0) is 18.4 Å². The van der Waals surface area contributed by atoms with E-state index in [2.05, 4.69) is 67.7 Å². The van der Waals surface area contributed by atoms with Crippen molar-refractivity contribution in [3.63, 3.8) is 0 Å². The van der Waals surface area contributed by atoms with Crippen LogP contribution in [0.5, 0.6) is 0 Å². The standard InChI is InChI=1S/C19H38O4Si2/c1-18(2,3)24(7,8)21-12-13-11-14(20)16-17(22-16)15(13)23-25(9,10)19(4,5)6/h13,15-17H,11-12H2,1-10H3/t13-,15+,16+,17-/m1/s1. The van der Waals surface area contributed by atoms with Crippen molar-refractivity contribution in [3.05, 3.63) is 0 Å². The van der Waals surface area contributed by atoms with Gasteiger partial charge in [-0.25, -0.2) is 0 Å². The second-order valence-corrected chi connectivity index (χ2v) is 20.4. The second-order valence-electron chi connectivity index (χ2n) is 10.9. The van der Waals surface area contributed by atoms with E-state index in [0.717, 1.165) is 0 Å². The van der Waals surface area contributed by atoms with Crippen LogP contribution in [0.1, 0.15) is 48.0 Å². The summed E-state index contributed by atoms with van der Waals surface area (Å²) in [6.45, 7) is 23.2. The normalized spacial score (nSPS) is 31.0. The molecule has 0 aromatic rings. The molecule has 4 nitrogen and oxygen atoms in total. The largest absolute Gasteiger partial charge is 0.416 e. The molecule has 0 bridgehead atoms. The van der Waals surface area contributed by atoms with E-state index in [4.69, 9.17) is 13.6 Å². The molecule has 1 saturated carbocycles. The van der Waals surface area contributed by atoms with Crippen molar-refractivity contribution in [3.8, 4) is 0 Å². The number of fused-ring (bicyclic) bond motifs is 1. The van der Waals surface area contributed by atoms with Gasteiger partial charge in [0.05, 0.1) is 6.10 Å². The molecule has 0 N–H and O–H groups in total. The topological polar surface area (TPSA) is 48.1 Å². The van der Waals surface area contributed by atoms with Crippen LogP contribution < -0.4 is 0 Å². The third-order valence-electron chi connectivity index (χ3n) is 6.80. The van der Waals surface area contributed by atoms with Crippen molar-refractivity contribution >= 4 is 22.4 Å². The van der Waals surface area contributed by atoms with E-state index in [9.17, 15) is 4.79 Å². The minimum atomic E-state index is -1.92. The molecule has 25 heavy (non-hydrogen) atoms. The molecule has 146 valence electrons. The fourth-order valence-electron chi connectivity index (χ4n) is 2.76. The van der Waals surface area contributed by atoms with E-state index in [0.29, 0.717) is 13.0 Å². The molecule has 0 radical (unpaired) electrons. The Morgan fingerprint density at radius 2 is 1.52 bits per heavy atom. The second kappa shape index (κ2) is 6.55. The predicted molar refractivity (Wildman–Crippen MR) is 107 cm³/mol. The first kappa shape index (κ1) is 21.3. The Morgan fingerprint density at radius 3 is 2.00 bits per heavy atom. The maximum atomic E-state index is 12.3. The monoisotopic (exact) mass is 386 g/mol. The Kier molecular flexibility index (Phi) is 5.58. The van der Waals surface area contributed by atoms with Crippen LogP contribution in [0.4, 0.5) is 0 Å². The number of carbonyl (C=O) groups excluding carboxylic acids is 1. The Labute approximate surface area is 156 Å². The smallest absolute Gasteiger partial charge is 0.192 e. The summed E-state index contributed by atoms with van der Waals surface area (Å²) >= 11 is 0. The van der Waals surface area contributed by atoms with Gasteiger partial charge in [-0.05, 0) is 36.3 Å². The maximum absolute atomic E-state index is 12.3. The minimum Gasteiger partial charge on any atom is -0.416 e. The summed E-state index contributed by atoms with van der Waals surface area (Å²) in [4.78, 5) is 12.3. The van der Waals surface area contributed by atoms with E-state index in [1.807, 2.05) is 0 Å². The predicted octanol–water partition coefficient (Wildman–Crippen LogP) is 4.76. The number of hydrogen-bond acceptors (Lipinski definition) is 4. The van der Waals surface area contributed by atoms with Gasteiger partial charge in [0.1, 0.15) is 12.2 Å². The lowest BCUT2D eigenvalue weighted by atomic mass is 9.86. The summed E-state index contributed by atoms with van der Waals surface area (Å²) in [5.74, 6) is 0.336. The number of epoxide rings is 1. The lowest BCUT2D eigenvalue weighted by molar-refractivity contribution is -0.123. The SMILES string of the molecule is CC(C)(C)[Si](C)(C)OC[C@H]1CC(=O)[C@@H]2O[C@@H]2[C@H]1O[Si](C)(C)C(C)(C)C. The summed E-state index contributed by atoms with van der Waals surface area (Å²) in [6, 6.07) is 0. The maximum Gasteiger partial charge on any atom is 0.192 e. The van der Waals surface area contributed by atoms with Crippen molar-refractivity contribution in [2.75, 3.05) is 6.61 Å². The van der Waals surface area contributed by atoms with Gasteiger partial charge in [0.15, 0.2) is 22.4 Å². The molecule has 1 aliphatic heterocycles. The highest BCUT2D eigenvalue weighted by molar-refractivity contribution is 6.74. The van der Waals surface area contributed by atoms with E-state index in [-0.39, 0.29) is 40.1 Å². The Bertz CT molecular complexity index is 516. The minimum absolute atomic E-state index is 0.00615. The van der Waals surface area contributed by atoms with Gasteiger partial charge < -0.3 is 13.6 Å². The Morgan fingerprint density at radius 1 is 1.00 bits per heavy atom. The van der Waals surface area contributed by atoms with Crippen LogP contribution >= 0.6 is 0 Å². The average molecular weight is 387 g/mol. The van der Waals surface area contributed by atoms with Crippen LogP contribution in [0.25, 0.3) is 0 Å². The van der Waals surface area contributed by atoms with Gasteiger partial charge in [-0.3, -0.25) is 4.79 Å². The van der Waals surface area contributed by atoms with Gasteiger partial charge >= 0.3 is 0 Å². The van der Waals surface area contributed by atoms with Crippen molar-refractivity contribution in [1.82, 2.24) is 0 Å². The fourth-order valence-corrected chi connectivity index (χ4v) is 5.18. The van der Waals surface area contributed by atoms with Crippen LogP contribution in [-0.4, -0.2) is 47.3 Å². The van der Waals surface area contributed by atoms with Gasteiger partial charge in [-0.2, -0.15) is 0 Å². The highest BCUT2D eigenvalue weighted by atomic mass is 28.4. The summed E-state index contributed by atoms with van der Waals surface area (Å²) < 4.78 is 18.8. The lowest BCUT2D eigenvalue weighted by Gasteiger charge is -2.43. The van der Waals surface area contributed by atoms with Crippen molar-refractivity contribution in [1.29, 1.82) is 0 Å². The molecule has 1 heterocycles. The van der Waals surface area contributed by atoms with Crippen molar-refractivity contribution in [2.24, 2.45) is 5.92 Å². The van der Waals surface area contributed by atoms with Gasteiger partial charge in [0, 0.05) is 18.9 Å². The van der Waals surface area contributed by atoms with Crippen LogP contribution in [0, 0.1) is 5.92 Å². The molecule has 0 spiro atoms. The Balaban J connectivity index is 2.12. The number of hydrogen-bond donors (Lipinski definition) is 0. The zero-order valence-corrected chi connectivity index (χ0v) is 19.9. The van der Waals surface area contributed by atoms with Gasteiger partial charge in [0.2, 0.25) is 0 Å². The number of rotatable bonds is 5. The molecule has 0 aromatic carbocycles. The lowest BCUT2D eigenvalue weighted by Crippen LogP contribution is -2.52. The van der Waals surface area contributed by atoms with Gasteiger partial charge in [0.25, 0.3) is 0 Å². The molecule has 1 saturated heterocycles. The first-order valence-electron chi connectivity index (χ1n) is 9.57. The molecule has 2 fully saturated rings. The molecule has 6 heteroatoms. The molecular formula is C19H38O4Si2. The molecule has 2 aliphatic rings. The highest BCUT2D eigenvalue weighted by Gasteiger charge is 2.59. The number of carbonyl (C=O) groups is 1. The summed E-state index contributed by atoms with van der Waals surface area (Å²) in [6.07, 6.45) is 0.241. The summed E-state index contributed by atoms with van der Waals surface area (Å²) in [5.41, 5.74) is 0. The van der Waals surface area contributed by atoms with Crippen LogP contribution in [0.2, 0.25) is 36.3 Å². The summed E-state index contributed by atoms with van der Waals surface area (Å²) in [5, 5.41) is 0.309. The number of ketones is 1. The van der Waals surface area contributed by atoms with Crippen molar-refractivity contribution < 1.29 is 18.4 Å². The Hall–Kier alpha value is -0.0162. The van der Waals surface area contributed by atoms with Gasteiger partial charge in [-0.1, -0.05) is 41.5 Å². The third kappa shape index (κ3) is 4.46. The number of ether oxygens (including phenoxy) is 1. The quantitative estimate of drug-likeness (QED) is 0.505. The van der Waals surface area contributed by atoms with Crippen LogP contribution in [0.15, 0.2) is 0 Å². The first-order valence-corrected chi connectivity index (χ1v) is 15.4. The fraction of sp³-hybridized carbons (Fsp3) is 0.947. The molecule has 4 atom stereocenters. The first-order chi connectivity index (χ1) is 11.1. The zero-order chi connectivity index (χ0) is 19.4. The molecule has 2 rings (SSSR count). The van der Waals surface area contributed by atoms with E-state index in [1.54, 1.807) is 0 Å². The molecule has 0 amide bonds. The molecule has 0 unspecified atom stereocenters. The van der Waals surface area contributed by atoms with Crippen molar-refractivity contribution in [2.45, 2.75) is 103 Å². The summed E-state index contributed by atoms with van der Waals surface area (Å²) in [7, 11) is -3.76. The number of Topliss-reactive ketones (excluding diaryl/α,β-unsaturated/α-hetero) is 1. The van der Waals surface area contributed by atoms with Gasteiger partial charge in [-0.15, -0.1) is 0 Å². The highest BCUT2D eigenvalue weighted by Crippen LogP contribution is 2.45.